The summed E-state index contributed by atoms with van der Waals surface area (Å²) in [6.45, 7) is 1.62. The monoisotopic (exact) mass is 490 g/mol. The van der Waals surface area contributed by atoms with E-state index in [-0.39, 0.29) is 29.4 Å². The lowest BCUT2D eigenvalue weighted by molar-refractivity contribution is -0.122. The third kappa shape index (κ3) is 6.01. The molecule has 9 heteroatoms. The van der Waals surface area contributed by atoms with E-state index in [0.29, 0.717) is 11.5 Å². The fourth-order valence-corrected chi connectivity index (χ4v) is 5.95. The van der Waals surface area contributed by atoms with Crippen LogP contribution < -0.4 is 19.5 Å². The Labute approximate surface area is 202 Å². The number of hydrogen-bond donors (Lipinski definition) is 1. The molecule has 1 amide bonds. The fraction of sp³-hybridized carbons (Fsp3) is 0.480. The lowest BCUT2D eigenvalue weighted by Crippen LogP contribution is -2.47. The van der Waals surface area contributed by atoms with Crippen molar-refractivity contribution in [3.63, 3.8) is 0 Å². The molecule has 0 bridgehead atoms. The molecule has 0 radical (unpaired) electrons. The van der Waals surface area contributed by atoms with Gasteiger partial charge in [-0.2, -0.15) is 4.31 Å². The second-order valence-electron chi connectivity index (χ2n) is 8.42. The lowest BCUT2D eigenvalue weighted by Gasteiger charge is -2.33. The highest BCUT2D eigenvalue weighted by Gasteiger charge is 2.34. The van der Waals surface area contributed by atoms with E-state index in [1.807, 2.05) is 31.2 Å². The Morgan fingerprint density at radius 2 is 1.62 bits per heavy atom. The van der Waals surface area contributed by atoms with E-state index in [1.165, 1.54) is 30.7 Å². The van der Waals surface area contributed by atoms with Gasteiger partial charge in [-0.15, -0.1) is 0 Å². The van der Waals surface area contributed by atoms with Crippen molar-refractivity contribution in [1.82, 2.24) is 9.62 Å². The summed E-state index contributed by atoms with van der Waals surface area (Å²) in [5, 5.41) is 2.94. The molecule has 1 aliphatic rings. The van der Waals surface area contributed by atoms with Gasteiger partial charge < -0.3 is 19.5 Å². The minimum atomic E-state index is -3.94. The molecule has 34 heavy (non-hydrogen) atoms. The Balaban J connectivity index is 1.83. The number of benzene rings is 2. The standard InChI is InChI=1S/C25H34N2O6S/c1-18(19-10-12-21(31-2)13-11-19)26-25(28)17-27(20-8-6-5-7-9-20)34(29,30)22-14-15-23(32-3)24(16-22)33-4/h10-16,18,20H,5-9,17H2,1-4H3,(H,26,28)/t18-/m0/s1. The number of nitrogens with zero attached hydrogens (tertiary/aromatic N) is 1. The summed E-state index contributed by atoms with van der Waals surface area (Å²) in [5.41, 5.74) is 0.904. The van der Waals surface area contributed by atoms with Crippen LogP contribution in [0.15, 0.2) is 47.4 Å². The SMILES string of the molecule is COc1ccc([C@H](C)NC(=O)CN(C2CCCCC2)S(=O)(=O)c2ccc(OC)c(OC)c2)cc1. The van der Waals surface area contributed by atoms with Crippen LogP contribution in [0.5, 0.6) is 17.2 Å². The quantitative estimate of drug-likeness (QED) is 0.543. The minimum absolute atomic E-state index is 0.0757. The number of carbonyl (C=O) groups excluding carboxylic acids is 1. The first kappa shape index (κ1) is 25.8. The molecule has 1 saturated carbocycles. The zero-order chi connectivity index (χ0) is 24.7. The summed E-state index contributed by atoms with van der Waals surface area (Å²) in [6.07, 6.45) is 4.40. The van der Waals surface area contributed by atoms with Crippen LogP contribution >= 0.6 is 0 Å². The lowest BCUT2D eigenvalue weighted by atomic mass is 9.95. The summed E-state index contributed by atoms with van der Waals surface area (Å²) in [5.74, 6) is 1.14. The van der Waals surface area contributed by atoms with Crippen LogP contribution in [-0.2, 0) is 14.8 Å². The Morgan fingerprint density at radius 3 is 2.21 bits per heavy atom. The van der Waals surface area contributed by atoms with Gasteiger partial charge in [0, 0.05) is 12.1 Å². The van der Waals surface area contributed by atoms with Gasteiger partial charge >= 0.3 is 0 Å². The highest BCUT2D eigenvalue weighted by Crippen LogP contribution is 2.33. The maximum absolute atomic E-state index is 13.7. The fourth-order valence-electron chi connectivity index (χ4n) is 4.30. The van der Waals surface area contributed by atoms with E-state index < -0.39 is 10.0 Å². The minimum Gasteiger partial charge on any atom is -0.497 e. The van der Waals surface area contributed by atoms with Crippen LogP contribution in [0.4, 0.5) is 0 Å². The number of rotatable bonds is 10. The number of hydrogen-bond acceptors (Lipinski definition) is 6. The highest BCUT2D eigenvalue weighted by atomic mass is 32.2. The van der Waals surface area contributed by atoms with Gasteiger partial charge in [0.15, 0.2) is 11.5 Å². The molecule has 186 valence electrons. The molecule has 1 aliphatic carbocycles. The van der Waals surface area contributed by atoms with Crippen molar-refractivity contribution in [1.29, 1.82) is 0 Å². The first-order chi connectivity index (χ1) is 16.3. The summed E-state index contributed by atoms with van der Waals surface area (Å²) in [7, 11) is 0.608. The van der Waals surface area contributed by atoms with E-state index in [9.17, 15) is 13.2 Å². The number of amides is 1. The van der Waals surface area contributed by atoms with Gasteiger partial charge in [0.05, 0.1) is 38.8 Å². The molecular formula is C25H34N2O6S. The smallest absolute Gasteiger partial charge is 0.243 e. The molecule has 3 rings (SSSR count). The summed E-state index contributed by atoms with van der Waals surface area (Å²) >= 11 is 0. The zero-order valence-corrected chi connectivity index (χ0v) is 21.1. The van der Waals surface area contributed by atoms with Crippen molar-refractivity contribution < 1.29 is 27.4 Å². The largest absolute Gasteiger partial charge is 0.497 e. The van der Waals surface area contributed by atoms with Crippen molar-refractivity contribution in [2.24, 2.45) is 0 Å². The molecule has 1 fully saturated rings. The van der Waals surface area contributed by atoms with Gasteiger partial charge in [-0.05, 0) is 49.6 Å². The summed E-state index contributed by atoms with van der Waals surface area (Å²) in [4.78, 5) is 13.1. The van der Waals surface area contributed by atoms with Crippen molar-refractivity contribution in [3.8, 4) is 17.2 Å². The number of ether oxygens (including phenoxy) is 3. The molecule has 8 nitrogen and oxygen atoms in total. The van der Waals surface area contributed by atoms with Gasteiger partial charge in [-0.25, -0.2) is 8.42 Å². The van der Waals surface area contributed by atoms with Gasteiger partial charge in [0.2, 0.25) is 15.9 Å². The van der Waals surface area contributed by atoms with Crippen molar-refractivity contribution in [2.45, 2.75) is 56.0 Å². The molecule has 0 aliphatic heterocycles. The normalized spacial score (nSPS) is 15.6. The Morgan fingerprint density at radius 1 is 0.971 bits per heavy atom. The Hall–Kier alpha value is -2.78. The van der Waals surface area contributed by atoms with Crippen LogP contribution in [0, 0.1) is 0 Å². The molecule has 0 spiro atoms. The van der Waals surface area contributed by atoms with Crippen LogP contribution in [0.3, 0.4) is 0 Å². The van der Waals surface area contributed by atoms with E-state index in [0.717, 1.165) is 43.4 Å². The number of carbonyl (C=O) groups is 1. The molecule has 2 aromatic rings. The maximum atomic E-state index is 13.7. The van der Waals surface area contributed by atoms with Gasteiger partial charge in [-0.3, -0.25) is 4.79 Å². The van der Waals surface area contributed by atoms with Crippen molar-refractivity contribution >= 4 is 15.9 Å². The summed E-state index contributed by atoms with van der Waals surface area (Å²) < 4.78 is 44.5. The third-order valence-electron chi connectivity index (χ3n) is 6.24. The van der Waals surface area contributed by atoms with Crippen molar-refractivity contribution in [3.05, 3.63) is 48.0 Å². The van der Waals surface area contributed by atoms with E-state index >= 15 is 0 Å². The predicted molar refractivity (Wildman–Crippen MR) is 130 cm³/mol. The first-order valence-corrected chi connectivity index (χ1v) is 12.9. The number of nitrogens with one attached hydrogen (secondary N) is 1. The summed E-state index contributed by atoms with van der Waals surface area (Å²) in [6, 6.07) is 11.4. The number of methoxy groups -OCH3 is 3. The molecule has 0 aromatic heterocycles. The van der Waals surface area contributed by atoms with Crippen LogP contribution in [0.25, 0.3) is 0 Å². The first-order valence-electron chi connectivity index (χ1n) is 11.5. The topological polar surface area (TPSA) is 94.2 Å². The van der Waals surface area contributed by atoms with E-state index in [1.54, 1.807) is 13.2 Å². The molecule has 1 N–H and O–H groups in total. The van der Waals surface area contributed by atoms with Gasteiger partial charge in [0.25, 0.3) is 0 Å². The zero-order valence-electron chi connectivity index (χ0n) is 20.2. The molecule has 1 atom stereocenters. The average molecular weight is 491 g/mol. The van der Waals surface area contributed by atoms with Crippen molar-refractivity contribution in [2.75, 3.05) is 27.9 Å². The number of sulfonamides is 1. The molecule has 2 aromatic carbocycles. The van der Waals surface area contributed by atoms with E-state index in [4.69, 9.17) is 14.2 Å². The van der Waals surface area contributed by atoms with Crippen LogP contribution in [0.2, 0.25) is 0 Å². The average Bonchev–Trinajstić information content (AvgIpc) is 2.87. The van der Waals surface area contributed by atoms with Gasteiger partial charge in [0.1, 0.15) is 5.75 Å². The highest BCUT2D eigenvalue weighted by molar-refractivity contribution is 7.89. The molecular weight excluding hydrogens is 456 g/mol. The second kappa shape index (κ2) is 11.6. The predicted octanol–water partition coefficient (Wildman–Crippen LogP) is 3.91. The molecule has 0 heterocycles. The van der Waals surface area contributed by atoms with E-state index in [2.05, 4.69) is 5.32 Å². The van der Waals surface area contributed by atoms with Crippen LogP contribution in [-0.4, -0.2) is 52.5 Å². The third-order valence-corrected chi connectivity index (χ3v) is 8.13. The Kier molecular flexibility index (Phi) is 8.79. The maximum Gasteiger partial charge on any atom is 0.243 e. The van der Waals surface area contributed by atoms with Gasteiger partial charge in [-0.1, -0.05) is 31.4 Å². The molecule has 0 unspecified atom stereocenters. The molecule has 0 saturated heterocycles. The second-order valence-corrected chi connectivity index (χ2v) is 10.3. The Bertz CT molecular complexity index is 1070. The van der Waals surface area contributed by atoms with Crippen LogP contribution in [0.1, 0.15) is 50.6 Å².